The summed E-state index contributed by atoms with van der Waals surface area (Å²) in [6.07, 6.45) is 2.99. The van der Waals surface area contributed by atoms with Gasteiger partial charge in [-0.25, -0.2) is 0 Å². The lowest BCUT2D eigenvalue weighted by atomic mass is 10.0. The van der Waals surface area contributed by atoms with Gasteiger partial charge in [0.1, 0.15) is 0 Å². The van der Waals surface area contributed by atoms with Gasteiger partial charge in [-0.3, -0.25) is 4.79 Å². The van der Waals surface area contributed by atoms with Crippen LogP contribution in [0.2, 0.25) is 0 Å². The highest BCUT2D eigenvalue weighted by Crippen LogP contribution is 2.15. The van der Waals surface area contributed by atoms with Gasteiger partial charge in [-0.15, -0.1) is 0 Å². The first-order valence-electron chi connectivity index (χ1n) is 4.14. The van der Waals surface area contributed by atoms with Gasteiger partial charge in [0.05, 0.1) is 0 Å². The molecule has 1 amide bonds. The Morgan fingerprint density at radius 3 is 2.67 bits per heavy atom. The van der Waals surface area contributed by atoms with Gasteiger partial charge in [0.2, 0.25) is 5.91 Å². The van der Waals surface area contributed by atoms with E-state index in [4.69, 9.17) is 4.55 Å². The molecule has 0 spiro atoms. The molecule has 0 bridgehead atoms. The summed E-state index contributed by atoms with van der Waals surface area (Å²) >= 11 is 2.53. The van der Waals surface area contributed by atoms with Crippen molar-refractivity contribution in [1.82, 2.24) is 4.90 Å². The zero-order valence-corrected chi connectivity index (χ0v) is 8.55. The number of carbonyl (C=O) groups excluding carboxylic acids is 1. The Balaban J connectivity index is 0.000000561. The molecular formula is C8H17NO2S. The number of hydrogen-bond acceptors (Lipinski definition) is 3. The van der Waals surface area contributed by atoms with Crippen molar-refractivity contribution in [2.24, 2.45) is 5.92 Å². The molecule has 1 heterocycles. The van der Waals surface area contributed by atoms with Crippen molar-refractivity contribution >= 4 is 18.8 Å². The highest BCUT2D eigenvalue weighted by molar-refractivity contribution is 7.74. The summed E-state index contributed by atoms with van der Waals surface area (Å²) in [5.74, 6) is 1.04. The lowest BCUT2D eigenvalue weighted by molar-refractivity contribution is -0.129. The summed E-state index contributed by atoms with van der Waals surface area (Å²) in [5.41, 5.74) is 0. The van der Waals surface area contributed by atoms with Crippen molar-refractivity contribution in [3.63, 3.8) is 0 Å². The normalized spacial score (nSPS) is 24.2. The van der Waals surface area contributed by atoms with Crippen molar-refractivity contribution < 1.29 is 9.35 Å². The van der Waals surface area contributed by atoms with Gasteiger partial charge < -0.3 is 9.45 Å². The molecule has 4 heteroatoms. The first kappa shape index (κ1) is 11.8. The average Bonchev–Trinajstić information content (AvgIpc) is 2.24. The molecule has 1 N–H and O–H groups in total. The van der Waals surface area contributed by atoms with Gasteiger partial charge in [-0.05, 0) is 31.7 Å². The highest BCUT2D eigenvalue weighted by atomic mass is 32.1. The Labute approximate surface area is 79.4 Å². The Bertz CT molecular complexity index is 141. The number of amides is 1. The molecule has 0 aliphatic carbocycles. The topological polar surface area (TPSA) is 40.5 Å². The Hall–Kier alpha value is -0.220. The zero-order valence-electron chi connectivity index (χ0n) is 7.66. The van der Waals surface area contributed by atoms with Gasteiger partial charge in [-0.1, -0.05) is 6.92 Å². The van der Waals surface area contributed by atoms with Crippen LogP contribution in [0.3, 0.4) is 0 Å². The number of thiol groups is 1. The number of hydrogen-bond donors (Lipinski definition) is 2. The van der Waals surface area contributed by atoms with Crippen molar-refractivity contribution in [2.45, 2.75) is 26.2 Å². The third kappa shape index (κ3) is 3.97. The van der Waals surface area contributed by atoms with Gasteiger partial charge >= 0.3 is 0 Å². The maximum absolute atomic E-state index is 11.1. The van der Waals surface area contributed by atoms with Crippen LogP contribution in [0.5, 0.6) is 0 Å². The third-order valence-electron chi connectivity index (χ3n) is 2.23. The van der Waals surface area contributed by atoms with Crippen molar-refractivity contribution in [3.8, 4) is 0 Å². The predicted molar refractivity (Wildman–Crippen MR) is 52.3 cm³/mol. The van der Waals surface area contributed by atoms with E-state index in [2.05, 4.69) is 19.8 Å². The van der Waals surface area contributed by atoms with Crippen LogP contribution in [0.25, 0.3) is 0 Å². The van der Waals surface area contributed by atoms with Crippen molar-refractivity contribution in [3.05, 3.63) is 0 Å². The second-order valence-corrected chi connectivity index (χ2v) is 3.25. The SMILES string of the molecule is CC1CCC(=O)N(C)CC1.OS. The molecule has 1 aliphatic heterocycles. The molecular weight excluding hydrogens is 174 g/mol. The van der Waals surface area contributed by atoms with Crippen LogP contribution in [0.1, 0.15) is 26.2 Å². The lowest BCUT2D eigenvalue weighted by Gasteiger charge is -2.12. The molecule has 72 valence electrons. The molecule has 0 radical (unpaired) electrons. The molecule has 1 atom stereocenters. The summed E-state index contributed by atoms with van der Waals surface area (Å²) in [7, 11) is 1.89. The first-order chi connectivity index (χ1) is 5.70. The quantitative estimate of drug-likeness (QED) is 0.451. The average molecular weight is 191 g/mol. The predicted octanol–water partition coefficient (Wildman–Crippen LogP) is 1.65. The van der Waals surface area contributed by atoms with E-state index < -0.39 is 0 Å². The summed E-state index contributed by atoms with van der Waals surface area (Å²) in [6.45, 7) is 3.16. The minimum atomic E-state index is 0.310. The molecule has 12 heavy (non-hydrogen) atoms. The van der Waals surface area contributed by atoms with E-state index in [-0.39, 0.29) is 0 Å². The van der Waals surface area contributed by atoms with Crippen molar-refractivity contribution in [1.29, 1.82) is 0 Å². The number of likely N-dealkylation sites (tertiary alicyclic amines) is 1. The van der Waals surface area contributed by atoms with E-state index >= 15 is 0 Å². The van der Waals surface area contributed by atoms with E-state index in [9.17, 15) is 4.79 Å². The van der Waals surface area contributed by atoms with E-state index in [1.807, 2.05) is 11.9 Å². The van der Waals surface area contributed by atoms with E-state index in [1.54, 1.807) is 0 Å². The molecule has 0 aromatic rings. The number of carbonyl (C=O) groups is 1. The second kappa shape index (κ2) is 6.31. The summed E-state index contributed by atoms with van der Waals surface area (Å²) < 4.78 is 6.69. The van der Waals surface area contributed by atoms with E-state index in [1.165, 1.54) is 6.42 Å². The Morgan fingerprint density at radius 2 is 2.08 bits per heavy atom. The Kier molecular flexibility index (Phi) is 6.20. The monoisotopic (exact) mass is 191 g/mol. The largest absolute Gasteiger partial charge is 0.346 e. The Morgan fingerprint density at radius 1 is 1.50 bits per heavy atom. The fourth-order valence-electron chi connectivity index (χ4n) is 1.24. The smallest absolute Gasteiger partial charge is 0.222 e. The van der Waals surface area contributed by atoms with Gasteiger partial charge in [0.15, 0.2) is 0 Å². The fourth-order valence-corrected chi connectivity index (χ4v) is 1.24. The van der Waals surface area contributed by atoms with Gasteiger partial charge in [0.25, 0.3) is 0 Å². The van der Waals surface area contributed by atoms with Crippen LogP contribution in [-0.2, 0) is 4.79 Å². The van der Waals surface area contributed by atoms with Crippen LogP contribution in [0, 0.1) is 5.92 Å². The molecule has 0 saturated carbocycles. The van der Waals surface area contributed by atoms with Crippen LogP contribution in [0.15, 0.2) is 0 Å². The maximum Gasteiger partial charge on any atom is 0.222 e. The van der Waals surface area contributed by atoms with Crippen LogP contribution < -0.4 is 0 Å². The van der Waals surface area contributed by atoms with Crippen LogP contribution in [-0.4, -0.2) is 29.0 Å². The maximum atomic E-state index is 11.1. The second-order valence-electron chi connectivity index (χ2n) is 3.25. The third-order valence-corrected chi connectivity index (χ3v) is 2.23. The molecule has 1 rings (SSSR count). The summed E-state index contributed by atoms with van der Waals surface area (Å²) in [6, 6.07) is 0. The molecule has 0 aromatic carbocycles. The van der Waals surface area contributed by atoms with Crippen LogP contribution >= 0.6 is 12.9 Å². The summed E-state index contributed by atoms with van der Waals surface area (Å²) in [4.78, 5) is 12.9. The summed E-state index contributed by atoms with van der Waals surface area (Å²) in [5, 5.41) is 0. The van der Waals surface area contributed by atoms with Gasteiger partial charge in [0, 0.05) is 20.0 Å². The van der Waals surface area contributed by atoms with Crippen molar-refractivity contribution in [2.75, 3.05) is 13.6 Å². The molecule has 1 aliphatic rings. The van der Waals surface area contributed by atoms with E-state index in [0.717, 1.165) is 25.3 Å². The minimum Gasteiger partial charge on any atom is -0.346 e. The highest BCUT2D eigenvalue weighted by Gasteiger charge is 2.15. The zero-order chi connectivity index (χ0) is 9.56. The molecule has 1 saturated heterocycles. The van der Waals surface area contributed by atoms with Gasteiger partial charge in [-0.2, -0.15) is 0 Å². The molecule has 3 nitrogen and oxygen atoms in total. The minimum absolute atomic E-state index is 0.310. The number of nitrogens with zero attached hydrogens (tertiary/aromatic N) is 1. The lowest BCUT2D eigenvalue weighted by Crippen LogP contribution is -2.25. The van der Waals surface area contributed by atoms with Crippen LogP contribution in [0.4, 0.5) is 0 Å². The first-order valence-corrected chi connectivity index (χ1v) is 4.54. The molecule has 1 fully saturated rings. The van der Waals surface area contributed by atoms with E-state index in [0.29, 0.717) is 5.91 Å². The standard InChI is InChI=1S/C8H15NO.H2OS/c1-7-3-4-8(10)9(2)6-5-7;1-2/h7H,3-6H2,1-2H3;1-2H. The molecule has 1 unspecified atom stereocenters. The molecule has 0 aromatic heterocycles. The number of rotatable bonds is 0. The fraction of sp³-hybridized carbons (Fsp3) is 0.875.